The number of rotatable bonds is 10. The first-order chi connectivity index (χ1) is 14.7. The van der Waals surface area contributed by atoms with Gasteiger partial charge in [0.25, 0.3) is 0 Å². The van der Waals surface area contributed by atoms with Gasteiger partial charge in [-0.25, -0.2) is 0 Å². The average Bonchev–Trinajstić information content (AvgIpc) is 2.72. The van der Waals surface area contributed by atoms with E-state index in [9.17, 15) is 19.8 Å². The number of methoxy groups -OCH3 is 1. The number of hydrogen-bond donors (Lipinski definition) is 2. The van der Waals surface area contributed by atoms with Crippen LogP contribution in [0.1, 0.15) is 72.6 Å². The molecule has 0 heterocycles. The molecule has 2 rings (SSSR count). The Bertz CT molecular complexity index is 617. The molecule has 0 spiro atoms. The van der Waals surface area contributed by atoms with Gasteiger partial charge in [0, 0.05) is 5.92 Å². The van der Waals surface area contributed by atoms with Gasteiger partial charge in [-0.05, 0) is 62.2 Å². The van der Waals surface area contributed by atoms with Crippen molar-refractivity contribution in [1.29, 1.82) is 0 Å². The highest BCUT2D eigenvalue weighted by Crippen LogP contribution is 2.47. The first-order valence-corrected chi connectivity index (χ1v) is 12.0. The highest BCUT2D eigenvalue weighted by atomic mass is 16.5. The van der Waals surface area contributed by atoms with E-state index in [4.69, 9.17) is 4.74 Å². The lowest BCUT2D eigenvalue weighted by molar-refractivity contribution is -0.164. The van der Waals surface area contributed by atoms with Gasteiger partial charge in [0.15, 0.2) is 0 Å². The number of hydrogen-bond acceptors (Lipinski definition) is 6. The van der Waals surface area contributed by atoms with Crippen LogP contribution in [-0.4, -0.2) is 47.6 Å². The van der Waals surface area contributed by atoms with E-state index in [1.54, 1.807) is 0 Å². The summed E-state index contributed by atoms with van der Waals surface area (Å²) in [5.41, 5.74) is 0. The van der Waals surface area contributed by atoms with E-state index < -0.39 is 18.2 Å². The molecule has 1 fully saturated rings. The first-order valence-electron chi connectivity index (χ1n) is 12.0. The molecule has 0 aromatic carbocycles. The minimum Gasteiger partial charge on any atom is -0.469 e. The molecule has 0 saturated heterocycles. The quantitative estimate of drug-likeness (QED) is 0.397. The predicted molar refractivity (Wildman–Crippen MR) is 119 cm³/mol. The van der Waals surface area contributed by atoms with E-state index in [1.807, 2.05) is 13.8 Å². The first kappa shape index (κ1) is 25.9. The molecule has 0 aromatic heterocycles. The van der Waals surface area contributed by atoms with Crippen molar-refractivity contribution in [3.05, 3.63) is 12.2 Å². The summed E-state index contributed by atoms with van der Waals surface area (Å²) in [6.07, 6.45) is 7.07. The lowest BCUT2D eigenvalue weighted by atomic mass is 9.60. The van der Waals surface area contributed by atoms with Crippen LogP contribution in [0, 0.1) is 35.5 Å². The van der Waals surface area contributed by atoms with E-state index >= 15 is 0 Å². The average molecular weight is 439 g/mol. The number of ether oxygens (including phenoxy) is 2. The Hall–Kier alpha value is -1.40. The fourth-order valence-corrected chi connectivity index (χ4v) is 5.35. The van der Waals surface area contributed by atoms with E-state index in [2.05, 4.69) is 30.7 Å². The zero-order chi connectivity index (χ0) is 23.1. The summed E-state index contributed by atoms with van der Waals surface area (Å²) in [5, 5.41) is 20.5. The van der Waals surface area contributed by atoms with Gasteiger partial charge in [0.05, 0.1) is 31.7 Å². The minimum atomic E-state index is -0.904. The highest BCUT2D eigenvalue weighted by Gasteiger charge is 2.45. The number of aliphatic hydroxyl groups is 2. The van der Waals surface area contributed by atoms with Crippen molar-refractivity contribution in [3.63, 3.8) is 0 Å². The third-order valence-corrected chi connectivity index (χ3v) is 7.35. The molecular weight excluding hydrogens is 396 g/mol. The van der Waals surface area contributed by atoms with Crippen molar-refractivity contribution in [2.75, 3.05) is 7.11 Å². The summed E-state index contributed by atoms with van der Waals surface area (Å²) in [7, 11) is 1.29. The topological polar surface area (TPSA) is 93.1 Å². The Morgan fingerprint density at radius 1 is 1.13 bits per heavy atom. The summed E-state index contributed by atoms with van der Waals surface area (Å²) in [6.45, 7) is 8.35. The molecule has 9 atom stereocenters. The van der Waals surface area contributed by atoms with Gasteiger partial charge in [-0.1, -0.05) is 39.8 Å². The van der Waals surface area contributed by atoms with Gasteiger partial charge in [-0.15, -0.1) is 0 Å². The van der Waals surface area contributed by atoms with E-state index in [-0.39, 0.29) is 36.8 Å². The lowest BCUT2D eigenvalue weighted by Gasteiger charge is -2.47. The van der Waals surface area contributed by atoms with Crippen molar-refractivity contribution in [2.24, 2.45) is 35.5 Å². The van der Waals surface area contributed by atoms with Crippen LogP contribution in [0.2, 0.25) is 0 Å². The maximum atomic E-state index is 12.6. The monoisotopic (exact) mass is 438 g/mol. The Morgan fingerprint density at radius 2 is 1.84 bits per heavy atom. The third kappa shape index (κ3) is 7.31. The van der Waals surface area contributed by atoms with Gasteiger partial charge in [-0.3, -0.25) is 9.59 Å². The molecule has 2 N–H and O–H groups in total. The fraction of sp³-hybridized carbons (Fsp3) is 0.840. The minimum absolute atomic E-state index is 0.0882. The molecule has 0 bridgehead atoms. The zero-order valence-electron chi connectivity index (χ0n) is 19.8. The highest BCUT2D eigenvalue weighted by molar-refractivity contribution is 5.72. The molecule has 31 heavy (non-hydrogen) atoms. The molecule has 0 unspecified atom stereocenters. The molecule has 0 aromatic rings. The number of esters is 2. The second-order valence-corrected chi connectivity index (χ2v) is 9.91. The van der Waals surface area contributed by atoms with Gasteiger partial charge < -0.3 is 19.7 Å². The van der Waals surface area contributed by atoms with Crippen molar-refractivity contribution in [3.8, 4) is 0 Å². The van der Waals surface area contributed by atoms with Crippen molar-refractivity contribution >= 4 is 11.9 Å². The fourth-order valence-electron chi connectivity index (χ4n) is 5.35. The van der Waals surface area contributed by atoms with Crippen LogP contribution >= 0.6 is 0 Å². The molecule has 0 aliphatic heterocycles. The second kappa shape index (κ2) is 12.0. The van der Waals surface area contributed by atoms with Gasteiger partial charge in [0.2, 0.25) is 0 Å². The largest absolute Gasteiger partial charge is 0.469 e. The molecule has 2 aliphatic rings. The molecule has 0 amide bonds. The predicted octanol–water partition coefficient (Wildman–Crippen LogP) is 3.88. The van der Waals surface area contributed by atoms with E-state index in [0.717, 1.165) is 25.7 Å². The molecule has 6 nitrogen and oxygen atoms in total. The maximum absolute atomic E-state index is 12.6. The van der Waals surface area contributed by atoms with E-state index in [1.165, 1.54) is 7.11 Å². The summed E-state index contributed by atoms with van der Waals surface area (Å²) >= 11 is 0. The SMILES string of the molecule is CC[C@H](C)C(=O)O[C@H]1C[C@@H](C)C[C@H]2C=C[C@H](C)[C@H](CC[C@@H](O)C[C@@H](O)CC(=O)OC)[C@H]21. The second-order valence-electron chi connectivity index (χ2n) is 9.91. The van der Waals surface area contributed by atoms with Gasteiger partial charge in [0.1, 0.15) is 6.10 Å². The molecule has 6 heteroatoms. The third-order valence-electron chi connectivity index (χ3n) is 7.35. The molecule has 0 radical (unpaired) electrons. The van der Waals surface area contributed by atoms with Crippen molar-refractivity contribution < 1.29 is 29.3 Å². The molecular formula is C25H42O6. The Morgan fingerprint density at radius 3 is 2.48 bits per heavy atom. The smallest absolute Gasteiger partial charge is 0.308 e. The van der Waals surface area contributed by atoms with Crippen LogP contribution in [0.3, 0.4) is 0 Å². The van der Waals surface area contributed by atoms with Crippen LogP contribution in [0.5, 0.6) is 0 Å². The van der Waals surface area contributed by atoms with Crippen LogP contribution in [0.25, 0.3) is 0 Å². The number of fused-ring (bicyclic) bond motifs is 1. The van der Waals surface area contributed by atoms with Crippen molar-refractivity contribution in [1.82, 2.24) is 0 Å². The Labute approximate surface area is 187 Å². The Balaban J connectivity index is 2.04. The van der Waals surface area contributed by atoms with Gasteiger partial charge in [-0.2, -0.15) is 0 Å². The standard InChI is InChI=1S/C25H42O6/c1-6-16(3)25(29)31-22-12-15(2)11-18-8-7-17(4)21(24(18)22)10-9-19(26)13-20(27)14-23(28)30-5/h7-8,15-22,24,26-27H,6,9-14H2,1-5H3/t15-,16-,17-,18+,19+,20+,21-,22-,24-/m0/s1. The number of allylic oxidation sites excluding steroid dienone is 2. The Kier molecular flexibility index (Phi) is 10.0. The summed E-state index contributed by atoms with van der Waals surface area (Å²) < 4.78 is 10.6. The maximum Gasteiger partial charge on any atom is 0.308 e. The van der Waals surface area contributed by atoms with Crippen LogP contribution in [-0.2, 0) is 19.1 Å². The molecule has 178 valence electrons. The zero-order valence-corrected chi connectivity index (χ0v) is 19.8. The van der Waals surface area contributed by atoms with Crippen molar-refractivity contribution in [2.45, 2.75) is 91.0 Å². The van der Waals surface area contributed by atoms with E-state index in [0.29, 0.717) is 30.1 Å². The van der Waals surface area contributed by atoms with Crippen LogP contribution < -0.4 is 0 Å². The normalized spacial score (nSPS) is 33.1. The summed E-state index contributed by atoms with van der Waals surface area (Å²) in [5.74, 6) is 1.13. The van der Waals surface area contributed by atoms with Crippen LogP contribution in [0.15, 0.2) is 12.2 Å². The lowest BCUT2D eigenvalue weighted by Crippen LogP contribution is -2.46. The number of carbonyl (C=O) groups is 2. The molecule has 2 aliphatic carbocycles. The number of carbonyl (C=O) groups excluding carboxylic acids is 2. The molecule has 1 saturated carbocycles. The summed E-state index contributed by atoms with van der Waals surface area (Å²) in [6, 6.07) is 0. The summed E-state index contributed by atoms with van der Waals surface area (Å²) in [4.78, 5) is 23.9. The number of aliphatic hydroxyl groups excluding tert-OH is 2. The van der Waals surface area contributed by atoms with Crippen LogP contribution in [0.4, 0.5) is 0 Å². The van der Waals surface area contributed by atoms with Gasteiger partial charge >= 0.3 is 11.9 Å².